The lowest BCUT2D eigenvalue weighted by Gasteiger charge is -2.16. The number of nitrogens with zero attached hydrogens (tertiary/aromatic N) is 2. The highest BCUT2D eigenvalue weighted by Crippen LogP contribution is 2.10. The van der Waals surface area contributed by atoms with Crippen LogP contribution >= 0.6 is 0 Å². The summed E-state index contributed by atoms with van der Waals surface area (Å²) in [6, 6.07) is 0. The SMILES string of the molecule is NCc1cnc2n1CCOC2. The smallest absolute Gasteiger partial charge is 0.135 e. The average Bonchev–Trinajstić information content (AvgIpc) is 2.47. The molecule has 0 saturated carbocycles. The van der Waals surface area contributed by atoms with E-state index in [1.807, 2.05) is 6.20 Å². The number of ether oxygens (including phenoxy) is 1. The molecule has 11 heavy (non-hydrogen) atoms. The summed E-state index contributed by atoms with van der Waals surface area (Å²) in [7, 11) is 0. The maximum Gasteiger partial charge on any atom is 0.135 e. The average molecular weight is 153 g/mol. The molecule has 0 aliphatic carbocycles. The first-order valence-electron chi connectivity index (χ1n) is 3.73. The lowest BCUT2D eigenvalue weighted by molar-refractivity contribution is 0.0806. The molecule has 0 saturated heterocycles. The van der Waals surface area contributed by atoms with Crippen molar-refractivity contribution >= 4 is 0 Å². The standard InChI is InChI=1S/C7H11N3O/c8-3-6-4-9-7-5-11-2-1-10(6)7/h4H,1-3,5,8H2. The number of fused-ring (bicyclic) bond motifs is 1. The third-order valence-corrected chi connectivity index (χ3v) is 1.92. The normalized spacial score (nSPS) is 16.5. The van der Waals surface area contributed by atoms with Crippen molar-refractivity contribution in [3.63, 3.8) is 0 Å². The van der Waals surface area contributed by atoms with Gasteiger partial charge in [-0.05, 0) is 0 Å². The van der Waals surface area contributed by atoms with Gasteiger partial charge in [0.2, 0.25) is 0 Å². The van der Waals surface area contributed by atoms with Crippen LogP contribution in [0.4, 0.5) is 0 Å². The van der Waals surface area contributed by atoms with Crippen LogP contribution in [-0.2, 0) is 24.4 Å². The molecule has 4 nitrogen and oxygen atoms in total. The van der Waals surface area contributed by atoms with Gasteiger partial charge >= 0.3 is 0 Å². The van der Waals surface area contributed by atoms with Crippen LogP contribution in [0.15, 0.2) is 6.20 Å². The van der Waals surface area contributed by atoms with Crippen LogP contribution in [0.25, 0.3) is 0 Å². The van der Waals surface area contributed by atoms with Gasteiger partial charge in [-0.1, -0.05) is 0 Å². The second-order valence-electron chi connectivity index (χ2n) is 2.57. The number of aromatic nitrogens is 2. The number of hydrogen-bond donors (Lipinski definition) is 1. The van der Waals surface area contributed by atoms with Gasteiger partial charge in [-0.15, -0.1) is 0 Å². The van der Waals surface area contributed by atoms with Crippen LogP contribution in [0.1, 0.15) is 11.5 Å². The third-order valence-electron chi connectivity index (χ3n) is 1.92. The summed E-state index contributed by atoms with van der Waals surface area (Å²) in [5.41, 5.74) is 6.62. The second-order valence-corrected chi connectivity index (χ2v) is 2.57. The maximum absolute atomic E-state index is 5.52. The summed E-state index contributed by atoms with van der Waals surface area (Å²) in [6.07, 6.45) is 1.82. The fourth-order valence-corrected chi connectivity index (χ4v) is 1.32. The molecule has 0 spiro atoms. The quantitative estimate of drug-likeness (QED) is 0.611. The van der Waals surface area contributed by atoms with Gasteiger partial charge in [0.15, 0.2) is 0 Å². The van der Waals surface area contributed by atoms with Crippen LogP contribution in [0.2, 0.25) is 0 Å². The fourth-order valence-electron chi connectivity index (χ4n) is 1.32. The molecule has 0 aromatic carbocycles. The summed E-state index contributed by atoms with van der Waals surface area (Å²) in [5.74, 6) is 0.997. The molecule has 1 aliphatic rings. The summed E-state index contributed by atoms with van der Waals surface area (Å²) < 4.78 is 7.36. The first-order valence-corrected chi connectivity index (χ1v) is 3.73. The van der Waals surface area contributed by atoms with Crippen molar-refractivity contribution in [3.05, 3.63) is 17.7 Å². The molecule has 1 aromatic heterocycles. The Morgan fingerprint density at radius 2 is 2.64 bits per heavy atom. The van der Waals surface area contributed by atoms with Crippen LogP contribution in [0, 0.1) is 0 Å². The molecule has 1 aliphatic heterocycles. The monoisotopic (exact) mass is 153 g/mol. The number of hydrogen-bond acceptors (Lipinski definition) is 3. The molecule has 0 radical (unpaired) electrons. The molecule has 60 valence electrons. The van der Waals surface area contributed by atoms with E-state index in [4.69, 9.17) is 10.5 Å². The number of rotatable bonds is 1. The second kappa shape index (κ2) is 2.64. The Bertz CT molecular complexity index is 243. The Morgan fingerprint density at radius 3 is 3.45 bits per heavy atom. The van der Waals surface area contributed by atoms with E-state index in [1.54, 1.807) is 0 Å². The van der Waals surface area contributed by atoms with Crippen LogP contribution < -0.4 is 5.73 Å². The van der Waals surface area contributed by atoms with Gasteiger partial charge in [0.1, 0.15) is 12.4 Å². The third kappa shape index (κ3) is 1.04. The van der Waals surface area contributed by atoms with E-state index in [0.29, 0.717) is 13.2 Å². The van der Waals surface area contributed by atoms with Gasteiger partial charge in [-0.25, -0.2) is 4.98 Å². The van der Waals surface area contributed by atoms with Crippen molar-refractivity contribution in [2.45, 2.75) is 19.7 Å². The van der Waals surface area contributed by atoms with Crippen LogP contribution in [0.5, 0.6) is 0 Å². The predicted octanol–water partition coefficient (Wildman–Crippen LogP) is -0.128. The van der Waals surface area contributed by atoms with E-state index in [0.717, 1.165) is 24.7 Å². The lowest BCUT2D eigenvalue weighted by Crippen LogP contribution is -2.19. The lowest BCUT2D eigenvalue weighted by atomic mass is 10.4. The zero-order valence-corrected chi connectivity index (χ0v) is 6.29. The Kier molecular flexibility index (Phi) is 1.63. The van der Waals surface area contributed by atoms with E-state index in [-0.39, 0.29) is 0 Å². The Hall–Kier alpha value is -0.870. The van der Waals surface area contributed by atoms with Crippen molar-refractivity contribution in [3.8, 4) is 0 Å². The molecule has 1 aromatic rings. The largest absolute Gasteiger partial charge is 0.372 e. The van der Waals surface area contributed by atoms with Crippen molar-refractivity contribution in [1.29, 1.82) is 0 Å². The van der Waals surface area contributed by atoms with Gasteiger partial charge in [0.25, 0.3) is 0 Å². The minimum Gasteiger partial charge on any atom is -0.372 e. The van der Waals surface area contributed by atoms with Crippen LogP contribution in [-0.4, -0.2) is 16.2 Å². The fraction of sp³-hybridized carbons (Fsp3) is 0.571. The predicted molar refractivity (Wildman–Crippen MR) is 39.8 cm³/mol. The first kappa shape index (κ1) is 6.82. The number of imidazole rings is 1. The minimum absolute atomic E-state index is 0.562. The molecule has 2 N–H and O–H groups in total. The minimum atomic E-state index is 0.562. The highest BCUT2D eigenvalue weighted by atomic mass is 16.5. The zero-order valence-electron chi connectivity index (χ0n) is 6.29. The molecular weight excluding hydrogens is 142 g/mol. The first-order chi connectivity index (χ1) is 5.42. The summed E-state index contributed by atoms with van der Waals surface area (Å²) in [5, 5.41) is 0. The zero-order chi connectivity index (χ0) is 7.68. The Balaban J connectivity index is 2.38. The van der Waals surface area contributed by atoms with Gasteiger partial charge in [0, 0.05) is 19.3 Å². The van der Waals surface area contributed by atoms with Gasteiger partial charge < -0.3 is 15.0 Å². The van der Waals surface area contributed by atoms with Crippen molar-refractivity contribution in [2.24, 2.45) is 5.73 Å². The van der Waals surface area contributed by atoms with E-state index < -0.39 is 0 Å². The summed E-state index contributed by atoms with van der Waals surface area (Å²) in [6.45, 7) is 2.85. The Morgan fingerprint density at radius 1 is 1.73 bits per heavy atom. The Labute approximate surface area is 65.0 Å². The van der Waals surface area contributed by atoms with Gasteiger partial charge in [-0.3, -0.25) is 0 Å². The highest BCUT2D eigenvalue weighted by Gasteiger charge is 2.12. The van der Waals surface area contributed by atoms with E-state index in [2.05, 4.69) is 9.55 Å². The van der Waals surface area contributed by atoms with Crippen molar-refractivity contribution < 1.29 is 4.74 Å². The van der Waals surface area contributed by atoms with E-state index >= 15 is 0 Å². The van der Waals surface area contributed by atoms with Gasteiger partial charge in [0.05, 0.1) is 12.3 Å². The highest BCUT2D eigenvalue weighted by molar-refractivity contribution is 5.05. The van der Waals surface area contributed by atoms with Gasteiger partial charge in [-0.2, -0.15) is 0 Å². The maximum atomic E-state index is 5.52. The molecular formula is C7H11N3O. The van der Waals surface area contributed by atoms with Crippen molar-refractivity contribution in [1.82, 2.24) is 9.55 Å². The molecule has 2 heterocycles. The molecule has 0 fully saturated rings. The molecule has 0 unspecified atom stereocenters. The number of nitrogens with two attached hydrogens (primary N) is 1. The molecule has 2 rings (SSSR count). The molecule has 0 atom stereocenters. The summed E-state index contributed by atoms with van der Waals surface area (Å²) >= 11 is 0. The van der Waals surface area contributed by atoms with E-state index in [1.165, 1.54) is 0 Å². The van der Waals surface area contributed by atoms with Crippen molar-refractivity contribution in [2.75, 3.05) is 6.61 Å². The summed E-state index contributed by atoms with van der Waals surface area (Å²) in [4.78, 5) is 4.19. The van der Waals surface area contributed by atoms with Crippen LogP contribution in [0.3, 0.4) is 0 Å². The molecule has 4 heteroatoms. The topological polar surface area (TPSA) is 53.1 Å². The van der Waals surface area contributed by atoms with E-state index in [9.17, 15) is 0 Å². The molecule has 0 amide bonds. The molecule has 0 bridgehead atoms.